The molecule has 0 atom stereocenters. The second-order valence-electron chi connectivity index (χ2n) is 11.0. The Kier molecular flexibility index (Phi) is 12.6. The Morgan fingerprint density at radius 2 is 1.18 bits per heavy atom. The van der Waals surface area contributed by atoms with Gasteiger partial charge in [-0.1, -0.05) is 23.2 Å². The van der Waals surface area contributed by atoms with Gasteiger partial charge in [-0.15, -0.1) is 0 Å². The van der Waals surface area contributed by atoms with Crippen LogP contribution in [-0.4, -0.2) is 21.7 Å². The van der Waals surface area contributed by atoms with E-state index in [-0.39, 0.29) is 57.3 Å². The van der Waals surface area contributed by atoms with Crippen molar-refractivity contribution in [1.82, 2.24) is 15.3 Å². The number of halogens is 10. The number of carbonyl (C=O) groups is 1. The van der Waals surface area contributed by atoms with E-state index in [0.717, 1.165) is 36.5 Å². The third-order valence-electron chi connectivity index (χ3n) is 5.96. The normalized spacial score (nSPS) is 11.7. The van der Waals surface area contributed by atoms with Gasteiger partial charge in [0.05, 0.1) is 64.2 Å². The molecule has 2 heterocycles. The lowest BCUT2D eigenvalue weighted by Crippen LogP contribution is -2.32. The van der Waals surface area contributed by atoms with Gasteiger partial charge in [-0.2, -0.15) is 26.3 Å². The molecule has 8 nitrogen and oxygen atoms in total. The zero-order valence-corrected chi connectivity index (χ0v) is 27.3. The van der Waals surface area contributed by atoms with E-state index in [4.69, 9.17) is 33.7 Å². The molecule has 0 aliphatic carbocycles. The molecule has 2 aromatic carbocycles. The fourth-order valence-corrected chi connectivity index (χ4v) is 4.19. The number of alkyl halides is 6. The van der Waals surface area contributed by atoms with Crippen LogP contribution in [0.2, 0.25) is 10.0 Å². The fraction of sp³-hybridized carbons (Fsp3) is 0.258. The van der Waals surface area contributed by atoms with Gasteiger partial charge in [0, 0.05) is 28.7 Å². The van der Waals surface area contributed by atoms with Crippen molar-refractivity contribution in [3.63, 3.8) is 0 Å². The average molecular weight is 739 g/mol. The average Bonchev–Trinajstić information content (AvgIpc) is 2.97. The molecule has 0 unspecified atom stereocenters. The van der Waals surface area contributed by atoms with Crippen molar-refractivity contribution in [2.75, 3.05) is 10.6 Å². The van der Waals surface area contributed by atoms with Gasteiger partial charge >= 0.3 is 18.4 Å². The molecule has 0 aliphatic rings. The Morgan fingerprint density at radius 1 is 0.755 bits per heavy atom. The third-order valence-corrected chi connectivity index (χ3v) is 6.43. The molecule has 264 valence electrons. The number of hydrogen-bond acceptors (Lipinski definition) is 7. The first-order chi connectivity index (χ1) is 22.7. The Morgan fingerprint density at radius 3 is 1.55 bits per heavy atom. The van der Waals surface area contributed by atoms with Gasteiger partial charge in [0.25, 0.3) is 0 Å². The van der Waals surface area contributed by atoms with Gasteiger partial charge in [-0.05, 0) is 57.2 Å². The standard InChI is InChI=1S/C18H18ClF4N3O2.C13H10ClF4N3/c1-17(2,3)28-16(27)25-9-15-13(20)7-11(8-24-15)26-14-5-4-10(19)6-12(14)18(21,22)23;14-7-1-2-11(9(3-7)13(16,17)18)21-8-4-10(15)12(5-19)20-6-8/h4-8,26H,9H2,1-3H3,(H,25,27);1-4,6,21H,5,19H2. The maximum atomic E-state index is 14.2. The van der Waals surface area contributed by atoms with Crippen molar-refractivity contribution in [2.45, 2.75) is 51.8 Å². The number of ether oxygens (including phenoxy) is 1. The summed E-state index contributed by atoms with van der Waals surface area (Å²) in [5, 5.41) is 7.18. The molecule has 4 aromatic rings. The van der Waals surface area contributed by atoms with Crippen LogP contribution in [-0.2, 0) is 30.2 Å². The van der Waals surface area contributed by atoms with Crippen molar-refractivity contribution >= 4 is 52.0 Å². The Balaban J connectivity index is 0.000000276. The molecule has 1 amide bonds. The van der Waals surface area contributed by atoms with E-state index in [9.17, 15) is 39.9 Å². The van der Waals surface area contributed by atoms with Crippen LogP contribution in [0.5, 0.6) is 0 Å². The van der Waals surface area contributed by atoms with Crippen LogP contribution in [0.1, 0.15) is 43.3 Å². The number of carbonyl (C=O) groups excluding carboxylic acids is 1. The predicted octanol–water partition coefficient (Wildman–Crippen LogP) is 9.76. The molecule has 0 saturated heterocycles. The summed E-state index contributed by atoms with van der Waals surface area (Å²) in [4.78, 5) is 19.2. The zero-order chi connectivity index (χ0) is 36.7. The zero-order valence-electron chi connectivity index (χ0n) is 25.8. The molecular weight excluding hydrogens is 711 g/mol. The monoisotopic (exact) mass is 738 g/mol. The predicted molar refractivity (Wildman–Crippen MR) is 169 cm³/mol. The molecule has 0 bridgehead atoms. The van der Waals surface area contributed by atoms with Crippen LogP contribution in [0, 0.1) is 11.6 Å². The van der Waals surface area contributed by atoms with Crippen molar-refractivity contribution in [2.24, 2.45) is 5.73 Å². The number of hydrogen-bond donors (Lipinski definition) is 4. The lowest BCUT2D eigenvalue weighted by molar-refractivity contribution is -0.137. The first-order valence-electron chi connectivity index (χ1n) is 13.9. The van der Waals surface area contributed by atoms with Crippen LogP contribution in [0.25, 0.3) is 0 Å². The Labute approximate surface area is 285 Å². The number of rotatable bonds is 7. The summed E-state index contributed by atoms with van der Waals surface area (Å²) in [5.74, 6) is -1.49. The van der Waals surface area contributed by atoms with Gasteiger partial charge < -0.3 is 26.4 Å². The topological polar surface area (TPSA) is 114 Å². The van der Waals surface area contributed by atoms with E-state index in [1.54, 1.807) is 20.8 Å². The minimum Gasteiger partial charge on any atom is -0.444 e. The van der Waals surface area contributed by atoms with Gasteiger partial charge in [0.2, 0.25) is 0 Å². The third kappa shape index (κ3) is 11.9. The molecule has 4 rings (SSSR count). The van der Waals surface area contributed by atoms with E-state index in [1.807, 2.05) is 0 Å². The van der Waals surface area contributed by atoms with Crippen molar-refractivity contribution in [1.29, 1.82) is 0 Å². The summed E-state index contributed by atoms with van der Waals surface area (Å²) in [6.45, 7) is 4.70. The van der Waals surface area contributed by atoms with Crippen LogP contribution in [0.3, 0.4) is 0 Å². The first-order valence-corrected chi connectivity index (χ1v) is 14.6. The van der Waals surface area contributed by atoms with E-state index in [1.165, 1.54) is 24.4 Å². The minimum absolute atomic E-state index is 0.00587. The number of nitrogens with two attached hydrogens (primary N) is 1. The summed E-state index contributed by atoms with van der Waals surface area (Å²) in [6.07, 6.45) is -7.61. The molecular formula is C31H28Cl2F8N6O2. The second-order valence-corrected chi connectivity index (χ2v) is 11.9. The largest absolute Gasteiger partial charge is 0.444 e. The molecule has 0 aliphatic heterocycles. The van der Waals surface area contributed by atoms with Crippen LogP contribution in [0.4, 0.5) is 62.7 Å². The molecule has 18 heteroatoms. The number of nitrogens with one attached hydrogen (secondary N) is 3. The highest BCUT2D eigenvalue weighted by molar-refractivity contribution is 6.31. The first kappa shape index (κ1) is 39.0. The second kappa shape index (κ2) is 15.9. The van der Waals surface area contributed by atoms with Gasteiger partial charge in [0.1, 0.15) is 17.2 Å². The highest BCUT2D eigenvalue weighted by Gasteiger charge is 2.35. The summed E-state index contributed by atoms with van der Waals surface area (Å²) < 4.78 is 111. The number of pyridine rings is 2. The number of amides is 1. The van der Waals surface area contributed by atoms with Crippen LogP contribution in [0.15, 0.2) is 60.9 Å². The number of benzene rings is 2. The summed E-state index contributed by atoms with van der Waals surface area (Å²) in [6, 6.07) is 8.46. The van der Waals surface area contributed by atoms with Crippen molar-refractivity contribution < 1.29 is 44.7 Å². The maximum Gasteiger partial charge on any atom is 0.418 e. The SMILES string of the molecule is CC(C)(C)OC(=O)NCc1ncc(Nc2ccc(Cl)cc2C(F)(F)F)cc1F.NCc1ncc(Nc2ccc(Cl)cc2C(F)(F)F)cc1F. The van der Waals surface area contributed by atoms with Crippen LogP contribution < -0.4 is 21.7 Å². The van der Waals surface area contributed by atoms with E-state index in [2.05, 4.69) is 25.9 Å². The summed E-state index contributed by atoms with van der Waals surface area (Å²) in [7, 11) is 0. The van der Waals surface area contributed by atoms with Crippen LogP contribution >= 0.6 is 23.2 Å². The highest BCUT2D eigenvalue weighted by Crippen LogP contribution is 2.39. The van der Waals surface area contributed by atoms with Crippen molar-refractivity contribution in [3.8, 4) is 0 Å². The number of aromatic nitrogens is 2. The van der Waals surface area contributed by atoms with E-state index in [0.29, 0.717) is 0 Å². The Hall–Kier alpha value is -4.41. The van der Waals surface area contributed by atoms with Gasteiger partial charge in [0.15, 0.2) is 0 Å². The molecule has 0 spiro atoms. The molecule has 2 aromatic heterocycles. The fourth-order valence-electron chi connectivity index (χ4n) is 3.85. The number of alkyl carbamates (subject to hydrolysis) is 1. The summed E-state index contributed by atoms with van der Waals surface area (Å²) >= 11 is 11.2. The molecule has 0 radical (unpaired) electrons. The van der Waals surface area contributed by atoms with E-state index < -0.39 is 46.8 Å². The minimum atomic E-state index is -4.64. The lowest BCUT2D eigenvalue weighted by atomic mass is 10.1. The highest BCUT2D eigenvalue weighted by atomic mass is 35.5. The molecule has 5 N–H and O–H groups in total. The molecule has 0 fully saturated rings. The van der Waals surface area contributed by atoms with E-state index >= 15 is 0 Å². The number of nitrogens with zero attached hydrogens (tertiary/aromatic N) is 2. The molecule has 0 saturated carbocycles. The number of anilines is 4. The maximum absolute atomic E-state index is 14.2. The van der Waals surface area contributed by atoms with Crippen molar-refractivity contribution in [3.05, 3.63) is 105 Å². The Bertz CT molecular complexity index is 1780. The van der Waals surface area contributed by atoms with Gasteiger partial charge in [-0.3, -0.25) is 9.97 Å². The van der Waals surface area contributed by atoms with Gasteiger partial charge in [-0.25, -0.2) is 13.6 Å². The quantitative estimate of drug-likeness (QED) is 0.140. The lowest BCUT2D eigenvalue weighted by Gasteiger charge is -2.19. The smallest absolute Gasteiger partial charge is 0.418 e. The molecule has 49 heavy (non-hydrogen) atoms. The summed E-state index contributed by atoms with van der Waals surface area (Å²) in [5.41, 5.74) is 2.11.